The van der Waals surface area contributed by atoms with Crippen LogP contribution in [0.2, 0.25) is 0 Å². The van der Waals surface area contributed by atoms with E-state index < -0.39 is 5.91 Å². The van der Waals surface area contributed by atoms with Gasteiger partial charge in [-0.3, -0.25) is 4.79 Å². The number of fused-ring (bicyclic) bond motifs is 3. The Labute approximate surface area is 95.9 Å². The molecule has 1 aromatic rings. The first kappa shape index (κ1) is 9.30. The van der Waals surface area contributed by atoms with Gasteiger partial charge in [0.2, 0.25) is 0 Å². The highest BCUT2D eigenvalue weighted by atomic mass is 32.1. The van der Waals surface area contributed by atoms with Gasteiger partial charge >= 0.3 is 0 Å². The smallest absolute Gasteiger partial charge is 0.250 e. The molecule has 3 nitrogen and oxygen atoms in total. The van der Waals surface area contributed by atoms with Gasteiger partial charge in [-0.05, 0) is 17.5 Å². The van der Waals surface area contributed by atoms with Crippen molar-refractivity contribution in [3.63, 3.8) is 0 Å². The van der Waals surface area contributed by atoms with Crippen molar-refractivity contribution in [1.29, 1.82) is 0 Å². The number of carbonyl (C=O) groups excluding carboxylic acids is 1. The fraction of sp³-hybridized carbons (Fsp3) is 0. The highest BCUT2D eigenvalue weighted by molar-refractivity contribution is 7.08. The molecule has 0 bridgehead atoms. The number of hydrogen-bond donors (Lipinski definition) is 1. The Balaban J connectivity index is 2.49. The van der Waals surface area contributed by atoms with Crippen LogP contribution < -0.4 is 5.73 Å². The lowest BCUT2D eigenvalue weighted by atomic mass is 10.1. The number of nitrogens with zero attached hydrogens (tertiary/aromatic N) is 1. The van der Waals surface area contributed by atoms with Crippen molar-refractivity contribution in [3.8, 4) is 11.3 Å². The molecule has 2 heterocycles. The van der Waals surface area contributed by atoms with Gasteiger partial charge in [0.25, 0.3) is 5.91 Å². The molecule has 0 fully saturated rings. The second kappa shape index (κ2) is 3.28. The fourth-order valence-electron chi connectivity index (χ4n) is 1.86. The second-order valence-electron chi connectivity index (χ2n) is 3.53. The molecule has 0 spiro atoms. The van der Waals surface area contributed by atoms with Crippen molar-refractivity contribution in [3.05, 3.63) is 40.6 Å². The molecule has 2 N–H and O–H groups in total. The predicted molar refractivity (Wildman–Crippen MR) is 64.8 cm³/mol. The minimum atomic E-state index is -0.433. The van der Waals surface area contributed by atoms with E-state index in [-0.39, 0.29) is 0 Å². The summed E-state index contributed by atoms with van der Waals surface area (Å²) in [7, 11) is 0. The van der Waals surface area contributed by atoms with Crippen molar-refractivity contribution < 1.29 is 4.79 Å². The molecule has 4 heteroatoms. The summed E-state index contributed by atoms with van der Waals surface area (Å²) in [5.74, 6) is -0.433. The van der Waals surface area contributed by atoms with Crippen LogP contribution in [-0.4, -0.2) is 10.9 Å². The summed E-state index contributed by atoms with van der Waals surface area (Å²) >= 11 is 1.61. The van der Waals surface area contributed by atoms with Crippen LogP contribution in [0.15, 0.2) is 35.0 Å². The number of para-hydroxylation sites is 1. The maximum Gasteiger partial charge on any atom is 0.250 e. The molecule has 16 heavy (non-hydrogen) atoms. The van der Waals surface area contributed by atoms with Crippen LogP contribution in [0, 0.1) is 0 Å². The van der Waals surface area contributed by atoms with E-state index in [0.717, 1.165) is 16.6 Å². The lowest BCUT2D eigenvalue weighted by molar-refractivity contribution is 0.100. The van der Waals surface area contributed by atoms with Crippen LogP contribution >= 0.6 is 11.3 Å². The quantitative estimate of drug-likeness (QED) is 0.695. The van der Waals surface area contributed by atoms with Crippen molar-refractivity contribution in [1.82, 2.24) is 4.98 Å². The molecule has 0 saturated carbocycles. The van der Waals surface area contributed by atoms with Crippen LogP contribution in [0.25, 0.3) is 22.2 Å². The summed E-state index contributed by atoms with van der Waals surface area (Å²) in [6.07, 6.45) is 0. The van der Waals surface area contributed by atoms with Crippen molar-refractivity contribution >= 4 is 28.1 Å². The Bertz CT molecular complexity index is 659. The second-order valence-corrected chi connectivity index (χ2v) is 4.31. The first-order valence-corrected chi connectivity index (χ1v) is 5.76. The first-order chi connectivity index (χ1) is 7.77. The number of benzene rings is 1. The van der Waals surface area contributed by atoms with E-state index in [9.17, 15) is 4.79 Å². The normalized spacial score (nSPS) is 11.0. The number of rotatable bonds is 1. The molecular formula is C12H8N2OS. The summed E-state index contributed by atoms with van der Waals surface area (Å²) in [5.41, 5.74) is 8.49. The van der Waals surface area contributed by atoms with E-state index in [1.807, 2.05) is 29.0 Å². The minimum absolute atomic E-state index is 0.433. The van der Waals surface area contributed by atoms with Gasteiger partial charge < -0.3 is 5.73 Å². The Morgan fingerprint density at radius 2 is 2.19 bits per heavy atom. The molecule has 1 amide bonds. The zero-order chi connectivity index (χ0) is 11.1. The molecule has 2 aliphatic rings. The Kier molecular flexibility index (Phi) is 1.91. The lowest BCUT2D eigenvalue weighted by Crippen LogP contribution is -2.11. The highest BCUT2D eigenvalue weighted by Gasteiger charge is 2.15. The molecule has 2 aliphatic heterocycles. The molecular weight excluding hydrogens is 220 g/mol. The molecule has 0 unspecified atom stereocenters. The van der Waals surface area contributed by atoms with E-state index in [4.69, 9.17) is 5.73 Å². The predicted octanol–water partition coefficient (Wildman–Crippen LogP) is 2.50. The van der Waals surface area contributed by atoms with Crippen LogP contribution in [0.4, 0.5) is 0 Å². The molecule has 1 aromatic carbocycles. The van der Waals surface area contributed by atoms with Crippen LogP contribution in [0.5, 0.6) is 0 Å². The number of nitrogens with two attached hydrogens (primary N) is 1. The fourth-order valence-corrected chi connectivity index (χ4v) is 2.53. The number of amides is 1. The molecule has 78 valence electrons. The first-order valence-electron chi connectivity index (χ1n) is 4.82. The van der Waals surface area contributed by atoms with Gasteiger partial charge in [-0.15, -0.1) is 0 Å². The number of aromatic nitrogens is 1. The summed E-state index contributed by atoms with van der Waals surface area (Å²) in [4.78, 5) is 15.7. The van der Waals surface area contributed by atoms with Crippen LogP contribution in [0.3, 0.4) is 0 Å². The molecule has 0 atom stereocenters. The van der Waals surface area contributed by atoms with Crippen LogP contribution in [-0.2, 0) is 0 Å². The van der Waals surface area contributed by atoms with E-state index >= 15 is 0 Å². The van der Waals surface area contributed by atoms with Gasteiger partial charge in [0.05, 0.1) is 16.8 Å². The van der Waals surface area contributed by atoms with E-state index in [1.54, 1.807) is 17.4 Å². The van der Waals surface area contributed by atoms with Crippen molar-refractivity contribution in [2.45, 2.75) is 0 Å². The molecule has 3 rings (SSSR count). The zero-order valence-corrected chi connectivity index (χ0v) is 9.12. The highest BCUT2D eigenvalue weighted by Crippen LogP contribution is 2.33. The monoisotopic (exact) mass is 228 g/mol. The van der Waals surface area contributed by atoms with Gasteiger partial charge in [0, 0.05) is 16.3 Å². The van der Waals surface area contributed by atoms with Crippen molar-refractivity contribution in [2.75, 3.05) is 0 Å². The molecule has 0 aliphatic carbocycles. The minimum Gasteiger partial charge on any atom is -0.366 e. The standard InChI is InChI=1S/C12H8N2OS/c13-12(15)8-3-1-2-7-9-6-16-5-4-10(9)14-11(7)8/h1-6H,(H2,13,15). The SMILES string of the molecule is NC(=O)c1cccc2c3csccc-3nc12. The van der Waals surface area contributed by atoms with Crippen LogP contribution in [0.1, 0.15) is 10.4 Å². The largest absolute Gasteiger partial charge is 0.366 e. The Hall–Kier alpha value is -1.94. The Morgan fingerprint density at radius 1 is 1.31 bits per heavy atom. The van der Waals surface area contributed by atoms with Gasteiger partial charge in [-0.2, -0.15) is 11.3 Å². The summed E-state index contributed by atoms with van der Waals surface area (Å²) in [5, 5.41) is 5.00. The lowest BCUT2D eigenvalue weighted by Gasteiger charge is -1.96. The van der Waals surface area contributed by atoms with E-state index in [1.165, 1.54) is 0 Å². The average Bonchev–Trinajstić information content (AvgIpc) is 2.67. The van der Waals surface area contributed by atoms with Gasteiger partial charge in [-0.25, -0.2) is 4.98 Å². The van der Waals surface area contributed by atoms with Gasteiger partial charge in [-0.1, -0.05) is 12.1 Å². The topological polar surface area (TPSA) is 56.0 Å². The van der Waals surface area contributed by atoms with Crippen molar-refractivity contribution in [2.24, 2.45) is 5.73 Å². The average molecular weight is 228 g/mol. The zero-order valence-electron chi connectivity index (χ0n) is 8.31. The summed E-state index contributed by atoms with van der Waals surface area (Å²) < 4.78 is 0. The van der Waals surface area contributed by atoms with E-state index in [0.29, 0.717) is 11.1 Å². The summed E-state index contributed by atoms with van der Waals surface area (Å²) in [6.45, 7) is 0. The third-order valence-electron chi connectivity index (χ3n) is 2.59. The maximum atomic E-state index is 11.3. The third kappa shape index (κ3) is 1.20. The molecule has 0 saturated heterocycles. The van der Waals surface area contributed by atoms with E-state index in [2.05, 4.69) is 4.98 Å². The number of primary amides is 1. The maximum absolute atomic E-state index is 11.3. The van der Waals surface area contributed by atoms with Gasteiger partial charge in [0.1, 0.15) is 0 Å². The van der Waals surface area contributed by atoms with Gasteiger partial charge in [0.15, 0.2) is 0 Å². The Morgan fingerprint density at radius 3 is 3.00 bits per heavy atom. The molecule has 0 radical (unpaired) electrons. The number of carbonyl (C=O) groups is 1. The number of hydrogen-bond acceptors (Lipinski definition) is 3. The molecule has 0 aromatic heterocycles. The summed E-state index contributed by atoms with van der Waals surface area (Å²) in [6, 6.07) is 7.45. The third-order valence-corrected chi connectivity index (χ3v) is 3.26.